The molecule has 0 bridgehead atoms. The van der Waals surface area contributed by atoms with Crippen LogP contribution in [-0.4, -0.2) is 23.0 Å². The number of alkyl halides is 1. The Hall–Kier alpha value is -0.505. The van der Waals surface area contributed by atoms with Crippen LogP contribution in [0, 0.1) is 0 Å². The van der Waals surface area contributed by atoms with Crippen LogP contribution in [-0.2, 0) is 6.42 Å². The quantitative estimate of drug-likeness (QED) is 0.548. The molecule has 0 fully saturated rings. The molecule has 0 aliphatic rings. The first-order valence-corrected chi connectivity index (χ1v) is 4.78. The van der Waals surface area contributed by atoms with E-state index in [1.807, 2.05) is 12.1 Å². The minimum atomic E-state index is -1.37. The molecule has 0 radical (unpaired) electrons. The van der Waals surface area contributed by atoms with Crippen LogP contribution in [0.25, 0.3) is 0 Å². The summed E-state index contributed by atoms with van der Waals surface area (Å²) < 4.78 is 0. The van der Waals surface area contributed by atoms with Crippen LogP contribution < -0.4 is 5.46 Å². The standard InChI is InChI=1S/C9H12BClO2/c11-7-1-2-8-3-5-9(6-4-8)10(12)13/h3-6,12-13H,1-2,7H2. The Labute approximate surface area is 83.3 Å². The van der Waals surface area contributed by atoms with Gasteiger partial charge in [-0.05, 0) is 23.9 Å². The summed E-state index contributed by atoms with van der Waals surface area (Å²) >= 11 is 5.55. The lowest BCUT2D eigenvalue weighted by Crippen LogP contribution is -2.29. The molecule has 0 aliphatic heterocycles. The van der Waals surface area contributed by atoms with Crippen LogP contribution in [0.1, 0.15) is 12.0 Å². The first kappa shape index (κ1) is 10.6. The Balaban J connectivity index is 2.59. The lowest BCUT2D eigenvalue weighted by molar-refractivity contribution is 0.426. The molecule has 0 atom stereocenters. The number of halogens is 1. The second-order valence-electron chi connectivity index (χ2n) is 2.91. The van der Waals surface area contributed by atoms with Gasteiger partial charge in [0.25, 0.3) is 0 Å². The fourth-order valence-corrected chi connectivity index (χ4v) is 1.26. The van der Waals surface area contributed by atoms with Gasteiger partial charge in [-0.25, -0.2) is 0 Å². The number of hydrogen-bond acceptors (Lipinski definition) is 2. The third kappa shape index (κ3) is 3.39. The first-order chi connectivity index (χ1) is 6.24. The summed E-state index contributed by atoms with van der Waals surface area (Å²) in [7, 11) is -1.37. The van der Waals surface area contributed by atoms with Crippen molar-refractivity contribution in [2.75, 3.05) is 5.88 Å². The fourth-order valence-electron chi connectivity index (χ4n) is 1.13. The second-order valence-corrected chi connectivity index (χ2v) is 3.29. The van der Waals surface area contributed by atoms with Crippen LogP contribution in [0.4, 0.5) is 0 Å². The van der Waals surface area contributed by atoms with Crippen LogP contribution in [0.15, 0.2) is 24.3 Å². The molecular weight excluding hydrogens is 186 g/mol. The van der Waals surface area contributed by atoms with Crippen LogP contribution in [0.3, 0.4) is 0 Å². The Morgan fingerprint density at radius 1 is 1.15 bits per heavy atom. The highest BCUT2D eigenvalue weighted by Crippen LogP contribution is 2.02. The summed E-state index contributed by atoms with van der Waals surface area (Å²) in [5.74, 6) is 0.657. The molecule has 0 saturated carbocycles. The number of hydrogen-bond donors (Lipinski definition) is 2. The van der Waals surface area contributed by atoms with Crippen LogP contribution in [0.5, 0.6) is 0 Å². The normalized spacial score (nSPS) is 10.1. The molecule has 4 heteroatoms. The van der Waals surface area contributed by atoms with Gasteiger partial charge in [0, 0.05) is 5.88 Å². The largest absolute Gasteiger partial charge is 0.488 e. The summed E-state index contributed by atoms with van der Waals surface area (Å²) in [6.45, 7) is 0. The van der Waals surface area contributed by atoms with E-state index in [9.17, 15) is 0 Å². The SMILES string of the molecule is OB(O)c1ccc(CCCCl)cc1. The van der Waals surface area contributed by atoms with Gasteiger partial charge in [0.15, 0.2) is 0 Å². The van der Waals surface area contributed by atoms with Crippen LogP contribution in [0.2, 0.25) is 0 Å². The van der Waals surface area contributed by atoms with Gasteiger partial charge in [0.1, 0.15) is 0 Å². The molecule has 0 heterocycles. The van der Waals surface area contributed by atoms with Gasteiger partial charge in [-0.2, -0.15) is 0 Å². The Kier molecular flexibility index (Phi) is 4.29. The highest BCUT2D eigenvalue weighted by Gasteiger charge is 2.09. The van der Waals surface area contributed by atoms with Gasteiger partial charge in [-0.15, -0.1) is 11.6 Å². The molecule has 1 aromatic carbocycles. The average Bonchev–Trinajstić information content (AvgIpc) is 2.15. The molecule has 0 spiro atoms. The van der Waals surface area contributed by atoms with E-state index in [0.717, 1.165) is 12.8 Å². The summed E-state index contributed by atoms with van der Waals surface area (Å²) in [6, 6.07) is 7.21. The van der Waals surface area contributed by atoms with Gasteiger partial charge < -0.3 is 10.0 Å². The second kappa shape index (κ2) is 5.27. The maximum atomic E-state index is 8.83. The van der Waals surface area contributed by atoms with E-state index < -0.39 is 7.12 Å². The lowest BCUT2D eigenvalue weighted by atomic mass is 9.80. The smallest absolute Gasteiger partial charge is 0.423 e. The van der Waals surface area contributed by atoms with Gasteiger partial charge in [0.05, 0.1) is 0 Å². The van der Waals surface area contributed by atoms with E-state index in [2.05, 4.69) is 0 Å². The molecule has 0 saturated heterocycles. The van der Waals surface area contributed by atoms with Gasteiger partial charge in [-0.3, -0.25) is 0 Å². The Bertz CT molecular complexity index is 248. The lowest BCUT2D eigenvalue weighted by Gasteiger charge is -2.01. The summed E-state index contributed by atoms with van der Waals surface area (Å²) in [5.41, 5.74) is 1.69. The van der Waals surface area contributed by atoms with E-state index in [4.69, 9.17) is 21.6 Å². The molecule has 70 valence electrons. The zero-order valence-electron chi connectivity index (χ0n) is 7.28. The molecule has 2 N–H and O–H groups in total. The molecule has 1 aromatic rings. The average molecular weight is 198 g/mol. The molecule has 0 amide bonds. The van der Waals surface area contributed by atoms with E-state index in [1.165, 1.54) is 5.56 Å². The van der Waals surface area contributed by atoms with Crippen LogP contribution >= 0.6 is 11.6 Å². The van der Waals surface area contributed by atoms with Crippen molar-refractivity contribution in [3.05, 3.63) is 29.8 Å². The number of rotatable bonds is 4. The Morgan fingerprint density at radius 3 is 2.23 bits per heavy atom. The predicted octanol–water partition coefficient (Wildman–Crippen LogP) is 0.538. The molecule has 0 aliphatic carbocycles. The minimum absolute atomic E-state index is 0.523. The zero-order chi connectivity index (χ0) is 9.68. The first-order valence-electron chi connectivity index (χ1n) is 4.25. The van der Waals surface area contributed by atoms with E-state index >= 15 is 0 Å². The number of aryl methyl sites for hydroxylation is 1. The van der Waals surface area contributed by atoms with Crippen molar-refractivity contribution in [2.24, 2.45) is 0 Å². The van der Waals surface area contributed by atoms with Crippen molar-refractivity contribution in [3.8, 4) is 0 Å². The van der Waals surface area contributed by atoms with E-state index in [0.29, 0.717) is 11.3 Å². The topological polar surface area (TPSA) is 40.5 Å². The summed E-state index contributed by atoms with van der Waals surface area (Å²) in [5, 5.41) is 17.7. The Morgan fingerprint density at radius 2 is 1.77 bits per heavy atom. The predicted molar refractivity (Wildman–Crippen MR) is 55.3 cm³/mol. The maximum absolute atomic E-state index is 8.83. The molecular formula is C9H12BClO2. The van der Waals surface area contributed by atoms with Gasteiger partial charge >= 0.3 is 7.12 Å². The number of benzene rings is 1. The maximum Gasteiger partial charge on any atom is 0.488 e. The van der Waals surface area contributed by atoms with Crippen molar-refractivity contribution in [1.29, 1.82) is 0 Å². The summed E-state index contributed by atoms with van der Waals surface area (Å²) in [6.07, 6.45) is 1.88. The fraction of sp³-hybridized carbons (Fsp3) is 0.333. The molecule has 0 unspecified atom stereocenters. The van der Waals surface area contributed by atoms with Crippen molar-refractivity contribution in [2.45, 2.75) is 12.8 Å². The molecule has 0 aromatic heterocycles. The molecule has 2 nitrogen and oxygen atoms in total. The van der Waals surface area contributed by atoms with Crippen molar-refractivity contribution in [3.63, 3.8) is 0 Å². The van der Waals surface area contributed by atoms with Gasteiger partial charge in [0.2, 0.25) is 0 Å². The van der Waals surface area contributed by atoms with Crippen molar-refractivity contribution in [1.82, 2.24) is 0 Å². The summed E-state index contributed by atoms with van der Waals surface area (Å²) in [4.78, 5) is 0. The zero-order valence-corrected chi connectivity index (χ0v) is 8.04. The molecule has 13 heavy (non-hydrogen) atoms. The van der Waals surface area contributed by atoms with Crippen molar-refractivity contribution >= 4 is 24.2 Å². The highest BCUT2D eigenvalue weighted by atomic mass is 35.5. The minimum Gasteiger partial charge on any atom is -0.423 e. The van der Waals surface area contributed by atoms with Crippen molar-refractivity contribution < 1.29 is 10.0 Å². The van der Waals surface area contributed by atoms with Gasteiger partial charge in [-0.1, -0.05) is 24.3 Å². The third-order valence-corrected chi connectivity index (χ3v) is 2.14. The highest BCUT2D eigenvalue weighted by molar-refractivity contribution is 6.58. The third-order valence-electron chi connectivity index (χ3n) is 1.88. The monoisotopic (exact) mass is 198 g/mol. The van der Waals surface area contributed by atoms with E-state index in [-0.39, 0.29) is 0 Å². The molecule has 1 rings (SSSR count). The van der Waals surface area contributed by atoms with E-state index in [1.54, 1.807) is 12.1 Å².